The number of halogens is 2. The van der Waals surface area contributed by atoms with Gasteiger partial charge in [0.15, 0.2) is 5.82 Å². The molecule has 0 aliphatic rings. The van der Waals surface area contributed by atoms with E-state index >= 15 is 0 Å². The molecule has 9 heteroatoms. The standard InChI is InChI=1S/C16H14ClFN4O3/c17-11-3-1-9(2-4-11)13(18)6-14-20-15(25-22-14)5-12-10(8-23)7-19-21-16(12)24/h1-4,7,13,23H,5-6,8H2,(H,21,24). The smallest absolute Gasteiger partial charge is 0.268 e. The first-order valence-corrected chi connectivity index (χ1v) is 7.82. The van der Waals surface area contributed by atoms with E-state index in [2.05, 4.69) is 20.3 Å². The van der Waals surface area contributed by atoms with Crippen molar-refractivity contribution in [1.29, 1.82) is 0 Å². The lowest BCUT2D eigenvalue weighted by atomic mass is 10.1. The van der Waals surface area contributed by atoms with Gasteiger partial charge in [-0.3, -0.25) is 4.79 Å². The molecule has 3 rings (SSSR count). The van der Waals surface area contributed by atoms with Gasteiger partial charge < -0.3 is 9.63 Å². The highest BCUT2D eigenvalue weighted by atomic mass is 35.5. The van der Waals surface area contributed by atoms with Crippen molar-refractivity contribution in [2.45, 2.75) is 25.6 Å². The van der Waals surface area contributed by atoms with Gasteiger partial charge in [0.2, 0.25) is 5.89 Å². The van der Waals surface area contributed by atoms with E-state index < -0.39 is 11.7 Å². The molecule has 0 spiro atoms. The van der Waals surface area contributed by atoms with E-state index in [0.29, 0.717) is 16.1 Å². The van der Waals surface area contributed by atoms with Crippen LogP contribution in [-0.4, -0.2) is 25.4 Å². The van der Waals surface area contributed by atoms with Crippen molar-refractivity contribution in [3.05, 3.63) is 74.2 Å². The van der Waals surface area contributed by atoms with Gasteiger partial charge in [-0.2, -0.15) is 10.1 Å². The summed E-state index contributed by atoms with van der Waals surface area (Å²) in [6.45, 7) is -0.337. The number of H-pyrrole nitrogens is 1. The highest BCUT2D eigenvalue weighted by Crippen LogP contribution is 2.23. The molecule has 1 aromatic carbocycles. The number of rotatable bonds is 6. The molecule has 0 radical (unpaired) electrons. The van der Waals surface area contributed by atoms with Crippen LogP contribution in [0.25, 0.3) is 0 Å². The molecule has 130 valence electrons. The lowest BCUT2D eigenvalue weighted by Gasteiger charge is -2.05. The van der Waals surface area contributed by atoms with Crippen LogP contribution in [0, 0.1) is 0 Å². The molecule has 2 heterocycles. The Balaban J connectivity index is 1.73. The van der Waals surface area contributed by atoms with Gasteiger partial charge in [-0.1, -0.05) is 28.9 Å². The fourth-order valence-corrected chi connectivity index (χ4v) is 2.46. The summed E-state index contributed by atoms with van der Waals surface area (Å²) in [6.07, 6.45) is 0.00945. The van der Waals surface area contributed by atoms with Gasteiger partial charge in [0.25, 0.3) is 5.56 Å². The van der Waals surface area contributed by atoms with Crippen LogP contribution in [0.2, 0.25) is 5.02 Å². The van der Waals surface area contributed by atoms with Crippen molar-refractivity contribution in [1.82, 2.24) is 20.3 Å². The average Bonchev–Trinajstić information content (AvgIpc) is 3.04. The summed E-state index contributed by atoms with van der Waals surface area (Å²) in [6, 6.07) is 6.41. The minimum Gasteiger partial charge on any atom is -0.392 e. The summed E-state index contributed by atoms with van der Waals surface area (Å²) >= 11 is 5.78. The molecule has 0 saturated carbocycles. The number of aliphatic hydroxyl groups excluding tert-OH is 1. The van der Waals surface area contributed by atoms with Gasteiger partial charge in [0.1, 0.15) is 6.17 Å². The molecule has 25 heavy (non-hydrogen) atoms. The topological polar surface area (TPSA) is 105 Å². The fourth-order valence-electron chi connectivity index (χ4n) is 2.34. The van der Waals surface area contributed by atoms with Crippen LogP contribution >= 0.6 is 11.6 Å². The van der Waals surface area contributed by atoms with Crippen LogP contribution in [-0.2, 0) is 19.4 Å². The number of benzene rings is 1. The molecule has 1 atom stereocenters. The van der Waals surface area contributed by atoms with Gasteiger partial charge >= 0.3 is 0 Å². The Morgan fingerprint density at radius 3 is 2.80 bits per heavy atom. The number of aliphatic hydroxyl groups is 1. The molecule has 0 amide bonds. The minimum absolute atomic E-state index is 0.0264. The summed E-state index contributed by atoms with van der Waals surface area (Å²) in [4.78, 5) is 15.9. The number of aromatic nitrogens is 4. The van der Waals surface area contributed by atoms with E-state index in [1.807, 2.05) is 0 Å². The number of hydrogen-bond donors (Lipinski definition) is 2. The lowest BCUT2D eigenvalue weighted by Crippen LogP contribution is -2.17. The van der Waals surface area contributed by atoms with Gasteiger partial charge in [-0.05, 0) is 17.7 Å². The Hall–Kier alpha value is -2.58. The molecule has 0 bridgehead atoms. The summed E-state index contributed by atoms with van der Waals surface area (Å²) < 4.78 is 19.4. The monoisotopic (exact) mass is 364 g/mol. The van der Waals surface area contributed by atoms with Crippen LogP contribution in [0.15, 0.2) is 39.8 Å². The Morgan fingerprint density at radius 1 is 1.32 bits per heavy atom. The maximum atomic E-state index is 14.3. The van der Waals surface area contributed by atoms with Crippen molar-refractivity contribution in [3.8, 4) is 0 Å². The van der Waals surface area contributed by atoms with Crippen LogP contribution in [0.5, 0.6) is 0 Å². The SMILES string of the molecule is O=c1[nH]ncc(CO)c1Cc1nc(CC(F)c2ccc(Cl)cc2)no1. The quantitative estimate of drug-likeness (QED) is 0.694. The second kappa shape index (κ2) is 7.54. The van der Waals surface area contributed by atoms with Gasteiger partial charge in [0, 0.05) is 22.6 Å². The Kier molecular flexibility index (Phi) is 5.20. The number of aromatic amines is 1. The molecular weight excluding hydrogens is 351 g/mol. The van der Waals surface area contributed by atoms with E-state index in [1.165, 1.54) is 6.20 Å². The Labute approximate surface area is 146 Å². The van der Waals surface area contributed by atoms with Crippen molar-refractivity contribution in [2.75, 3.05) is 0 Å². The van der Waals surface area contributed by atoms with E-state index in [4.69, 9.17) is 16.1 Å². The zero-order valence-electron chi connectivity index (χ0n) is 12.9. The van der Waals surface area contributed by atoms with Crippen LogP contribution < -0.4 is 5.56 Å². The first kappa shape index (κ1) is 17.2. The second-order valence-electron chi connectivity index (χ2n) is 5.37. The minimum atomic E-state index is -1.31. The zero-order chi connectivity index (χ0) is 17.8. The van der Waals surface area contributed by atoms with Gasteiger partial charge in [0.05, 0.1) is 19.2 Å². The van der Waals surface area contributed by atoms with Crippen LogP contribution in [0.4, 0.5) is 4.39 Å². The first-order chi connectivity index (χ1) is 12.1. The van der Waals surface area contributed by atoms with Crippen molar-refractivity contribution < 1.29 is 14.0 Å². The van der Waals surface area contributed by atoms with Gasteiger partial charge in [-0.25, -0.2) is 9.49 Å². The van der Waals surface area contributed by atoms with Crippen molar-refractivity contribution in [3.63, 3.8) is 0 Å². The normalized spacial score (nSPS) is 12.3. The zero-order valence-corrected chi connectivity index (χ0v) is 13.7. The molecule has 0 saturated heterocycles. The van der Waals surface area contributed by atoms with Crippen molar-refractivity contribution in [2.24, 2.45) is 0 Å². The summed E-state index contributed by atoms with van der Waals surface area (Å²) in [5.41, 5.74) is 0.662. The predicted octanol–water partition coefficient (Wildman–Crippen LogP) is 2.14. The van der Waals surface area contributed by atoms with Crippen LogP contribution in [0.3, 0.4) is 0 Å². The number of nitrogens with zero attached hydrogens (tertiary/aromatic N) is 3. The summed E-state index contributed by atoms with van der Waals surface area (Å²) in [5.74, 6) is 0.346. The van der Waals surface area contributed by atoms with E-state index in [1.54, 1.807) is 24.3 Å². The Morgan fingerprint density at radius 2 is 2.08 bits per heavy atom. The van der Waals surface area contributed by atoms with Gasteiger partial charge in [-0.15, -0.1) is 0 Å². The maximum absolute atomic E-state index is 14.3. The highest BCUT2D eigenvalue weighted by molar-refractivity contribution is 6.30. The first-order valence-electron chi connectivity index (χ1n) is 7.44. The molecule has 2 N–H and O–H groups in total. The largest absolute Gasteiger partial charge is 0.392 e. The van der Waals surface area contributed by atoms with Crippen LogP contribution in [0.1, 0.15) is 34.6 Å². The molecule has 2 aromatic heterocycles. The number of nitrogens with one attached hydrogen (secondary N) is 1. The molecular formula is C16H14ClFN4O3. The lowest BCUT2D eigenvalue weighted by molar-refractivity contribution is 0.279. The van der Waals surface area contributed by atoms with Crippen molar-refractivity contribution >= 4 is 11.6 Å². The third-order valence-electron chi connectivity index (χ3n) is 3.65. The molecule has 3 aromatic rings. The van der Waals surface area contributed by atoms with E-state index in [9.17, 15) is 14.3 Å². The maximum Gasteiger partial charge on any atom is 0.268 e. The molecule has 7 nitrogen and oxygen atoms in total. The fraction of sp³-hybridized carbons (Fsp3) is 0.250. The third-order valence-corrected chi connectivity index (χ3v) is 3.90. The number of hydrogen-bond acceptors (Lipinski definition) is 6. The molecule has 0 aliphatic heterocycles. The van der Waals surface area contributed by atoms with E-state index in [-0.39, 0.29) is 36.7 Å². The van der Waals surface area contributed by atoms with E-state index in [0.717, 1.165) is 0 Å². The Bertz CT molecular complexity index is 910. The second-order valence-corrected chi connectivity index (χ2v) is 5.80. The molecule has 1 unspecified atom stereocenters. The summed E-state index contributed by atoms with van der Waals surface area (Å²) in [5, 5.41) is 19.4. The predicted molar refractivity (Wildman–Crippen MR) is 86.9 cm³/mol. The molecule has 0 fully saturated rings. The average molecular weight is 365 g/mol. The number of alkyl halides is 1. The third kappa shape index (κ3) is 4.09. The summed E-state index contributed by atoms with van der Waals surface area (Å²) in [7, 11) is 0. The highest BCUT2D eigenvalue weighted by Gasteiger charge is 2.17. The molecule has 0 aliphatic carbocycles.